The number of hydrogen-bond donors (Lipinski definition) is 2. The van der Waals surface area contributed by atoms with Crippen molar-refractivity contribution in [2.75, 3.05) is 26.2 Å². The summed E-state index contributed by atoms with van der Waals surface area (Å²) in [7, 11) is 0. The first-order valence-electron chi connectivity index (χ1n) is 9.97. The average molecular weight is 356 g/mol. The molecule has 2 saturated heterocycles. The summed E-state index contributed by atoms with van der Waals surface area (Å²) in [5.41, 5.74) is 1.79. The van der Waals surface area contributed by atoms with Gasteiger partial charge in [0.1, 0.15) is 5.69 Å². The highest BCUT2D eigenvalue weighted by atomic mass is 16.2. The summed E-state index contributed by atoms with van der Waals surface area (Å²) in [6.45, 7) is 3.05. The Morgan fingerprint density at radius 1 is 1.19 bits per heavy atom. The molecular weight excluding hydrogens is 328 g/mol. The minimum atomic E-state index is -0.0366. The van der Waals surface area contributed by atoms with Gasteiger partial charge in [-0.2, -0.15) is 0 Å². The number of piperidine rings is 1. The molecule has 3 aliphatic rings. The summed E-state index contributed by atoms with van der Waals surface area (Å²) in [5.74, 6) is 1.09. The maximum absolute atomic E-state index is 12.8. The Kier molecular flexibility index (Phi) is 5.20. The molecule has 6 heteroatoms. The van der Waals surface area contributed by atoms with Crippen LogP contribution in [0.25, 0.3) is 0 Å². The van der Waals surface area contributed by atoms with E-state index < -0.39 is 0 Å². The molecule has 1 aliphatic carbocycles. The van der Waals surface area contributed by atoms with Gasteiger partial charge in [0.05, 0.1) is 6.04 Å². The zero-order chi connectivity index (χ0) is 17.9. The number of carbonyl (C=O) groups excluding carboxylic acids is 2. The Morgan fingerprint density at radius 2 is 2.08 bits per heavy atom. The number of carbonyl (C=O) groups is 2. The summed E-state index contributed by atoms with van der Waals surface area (Å²) < 4.78 is 0. The summed E-state index contributed by atoms with van der Waals surface area (Å²) in [4.78, 5) is 31.2. The number of rotatable bonds is 5. The van der Waals surface area contributed by atoms with Crippen molar-refractivity contribution in [1.82, 2.24) is 20.5 Å². The van der Waals surface area contributed by atoms with E-state index in [0.29, 0.717) is 30.6 Å². The topological polar surface area (TPSA) is 74.3 Å². The molecule has 0 aromatic carbocycles. The van der Waals surface area contributed by atoms with Crippen molar-refractivity contribution in [2.45, 2.75) is 50.5 Å². The first-order chi connectivity index (χ1) is 12.7. The van der Waals surface area contributed by atoms with Crippen molar-refractivity contribution < 1.29 is 9.59 Å². The van der Waals surface area contributed by atoms with Crippen LogP contribution in [0.1, 0.15) is 60.5 Å². The molecule has 3 fully saturated rings. The summed E-state index contributed by atoms with van der Waals surface area (Å²) in [5, 5.41) is 6.29. The fourth-order valence-corrected chi connectivity index (χ4v) is 4.04. The van der Waals surface area contributed by atoms with Gasteiger partial charge in [-0.15, -0.1) is 0 Å². The Labute approximate surface area is 154 Å². The van der Waals surface area contributed by atoms with E-state index in [1.165, 1.54) is 18.4 Å². The van der Waals surface area contributed by atoms with Crippen LogP contribution >= 0.6 is 0 Å². The van der Waals surface area contributed by atoms with E-state index in [2.05, 4.69) is 15.6 Å². The van der Waals surface area contributed by atoms with Crippen LogP contribution in [-0.2, 0) is 4.79 Å². The number of aromatic nitrogens is 1. The van der Waals surface area contributed by atoms with Crippen molar-refractivity contribution in [3.05, 3.63) is 29.6 Å². The fraction of sp³-hybridized carbons (Fsp3) is 0.650. The zero-order valence-electron chi connectivity index (χ0n) is 15.2. The SMILES string of the molecule is O=C(NCC1CCCN(C(=O)c2ccc(C3CC3)cn2)C1)C1CCCN1. The van der Waals surface area contributed by atoms with Gasteiger partial charge in [0, 0.05) is 25.8 Å². The zero-order valence-corrected chi connectivity index (χ0v) is 15.2. The van der Waals surface area contributed by atoms with Gasteiger partial charge in [-0.3, -0.25) is 14.6 Å². The fourth-order valence-electron chi connectivity index (χ4n) is 4.04. The second-order valence-corrected chi connectivity index (χ2v) is 7.90. The number of amides is 2. The van der Waals surface area contributed by atoms with Crippen molar-refractivity contribution in [1.29, 1.82) is 0 Å². The Hall–Kier alpha value is -1.95. The molecule has 0 radical (unpaired) electrons. The van der Waals surface area contributed by atoms with Crippen LogP contribution in [-0.4, -0.2) is 53.9 Å². The largest absolute Gasteiger partial charge is 0.354 e. The van der Waals surface area contributed by atoms with Gasteiger partial charge in [-0.25, -0.2) is 0 Å². The molecule has 140 valence electrons. The Bertz CT molecular complexity index is 650. The van der Waals surface area contributed by atoms with E-state index >= 15 is 0 Å². The highest BCUT2D eigenvalue weighted by molar-refractivity contribution is 5.92. The van der Waals surface area contributed by atoms with Gasteiger partial charge < -0.3 is 15.5 Å². The Morgan fingerprint density at radius 3 is 2.77 bits per heavy atom. The van der Waals surface area contributed by atoms with Crippen LogP contribution in [0.4, 0.5) is 0 Å². The molecule has 1 aromatic heterocycles. The first kappa shape index (κ1) is 17.5. The van der Waals surface area contributed by atoms with E-state index in [-0.39, 0.29) is 17.9 Å². The van der Waals surface area contributed by atoms with Gasteiger partial charge in [0.25, 0.3) is 5.91 Å². The third-order valence-corrected chi connectivity index (χ3v) is 5.80. The van der Waals surface area contributed by atoms with E-state index in [1.807, 2.05) is 23.2 Å². The van der Waals surface area contributed by atoms with Crippen LogP contribution in [0.3, 0.4) is 0 Å². The van der Waals surface area contributed by atoms with Crippen molar-refractivity contribution >= 4 is 11.8 Å². The molecule has 2 unspecified atom stereocenters. The van der Waals surface area contributed by atoms with Crippen molar-refractivity contribution in [3.8, 4) is 0 Å². The van der Waals surface area contributed by atoms with Gasteiger partial charge >= 0.3 is 0 Å². The van der Waals surface area contributed by atoms with Crippen molar-refractivity contribution in [2.24, 2.45) is 5.92 Å². The third-order valence-electron chi connectivity index (χ3n) is 5.80. The summed E-state index contributed by atoms with van der Waals surface area (Å²) in [6.07, 6.45) is 8.36. The lowest BCUT2D eigenvalue weighted by Crippen LogP contribution is -2.46. The van der Waals surface area contributed by atoms with E-state index in [0.717, 1.165) is 38.8 Å². The third kappa shape index (κ3) is 4.06. The van der Waals surface area contributed by atoms with E-state index in [4.69, 9.17) is 0 Å². The van der Waals surface area contributed by atoms with Crippen LogP contribution in [0.2, 0.25) is 0 Å². The van der Waals surface area contributed by atoms with Crippen LogP contribution in [0.15, 0.2) is 18.3 Å². The van der Waals surface area contributed by atoms with Crippen LogP contribution in [0.5, 0.6) is 0 Å². The molecule has 0 bridgehead atoms. The standard InChI is InChI=1S/C20H28N4O2/c25-19(17-4-1-9-21-17)23-11-14-3-2-10-24(13-14)20(26)18-8-7-16(12-22-18)15-5-6-15/h7-8,12,14-15,17,21H,1-6,9-11,13H2,(H,23,25). The predicted molar refractivity (Wildman–Crippen MR) is 98.9 cm³/mol. The second-order valence-electron chi connectivity index (χ2n) is 7.90. The smallest absolute Gasteiger partial charge is 0.272 e. The quantitative estimate of drug-likeness (QED) is 0.842. The van der Waals surface area contributed by atoms with Crippen LogP contribution < -0.4 is 10.6 Å². The van der Waals surface area contributed by atoms with Crippen molar-refractivity contribution in [3.63, 3.8) is 0 Å². The average Bonchev–Trinajstić information content (AvgIpc) is 3.39. The number of likely N-dealkylation sites (tertiary alicyclic amines) is 1. The summed E-state index contributed by atoms with van der Waals surface area (Å²) in [6, 6.07) is 3.88. The lowest BCUT2D eigenvalue weighted by Gasteiger charge is -2.33. The molecular formula is C20H28N4O2. The monoisotopic (exact) mass is 356 g/mol. The lowest BCUT2D eigenvalue weighted by atomic mass is 9.97. The Balaban J connectivity index is 1.29. The normalized spacial score (nSPS) is 25.9. The molecule has 6 nitrogen and oxygen atoms in total. The number of nitrogens with zero attached hydrogens (tertiary/aromatic N) is 2. The highest BCUT2D eigenvalue weighted by Gasteiger charge is 2.28. The number of hydrogen-bond acceptors (Lipinski definition) is 4. The number of pyridine rings is 1. The summed E-state index contributed by atoms with van der Waals surface area (Å²) >= 11 is 0. The molecule has 2 amide bonds. The molecule has 1 saturated carbocycles. The second kappa shape index (κ2) is 7.74. The molecule has 1 aromatic rings. The van der Waals surface area contributed by atoms with Gasteiger partial charge in [-0.05, 0) is 68.5 Å². The van der Waals surface area contributed by atoms with E-state index in [9.17, 15) is 9.59 Å². The molecule has 2 N–H and O–H groups in total. The molecule has 26 heavy (non-hydrogen) atoms. The maximum atomic E-state index is 12.8. The van der Waals surface area contributed by atoms with Gasteiger partial charge in [-0.1, -0.05) is 6.07 Å². The van der Waals surface area contributed by atoms with Gasteiger partial charge in [0.2, 0.25) is 5.91 Å². The van der Waals surface area contributed by atoms with Crippen LogP contribution in [0, 0.1) is 5.92 Å². The minimum absolute atomic E-state index is 0.0147. The van der Waals surface area contributed by atoms with Gasteiger partial charge in [0.15, 0.2) is 0 Å². The lowest BCUT2D eigenvalue weighted by molar-refractivity contribution is -0.123. The molecule has 0 spiro atoms. The predicted octanol–water partition coefficient (Wildman–Crippen LogP) is 1.68. The van der Waals surface area contributed by atoms with E-state index in [1.54, 1.807) is 0 Å². The first-order valence-corrected chi connectivity index (χ1v) is 9.97. The molecule has 4 rings (SSSR count). The molecule has 2 atom stereocenters. The maximum Gasteiger partial charge on any atom is 0.272 e. The highest BCUT2D eigenvalue weighted by Crippen LogP contribution is 2.39. The minimum Gasteiger partial charge on any atom is -0.354 e. The molecule has 3 heterocycles. The molecule has 2 aliphatic heterocycles. The number of nitrogens with one attached hydrogen (secondary N) is 2.